The van der Waals surface area contributed by atoms with E-state index in [-0.39, 0.29) is 6.47 Å². The molecule has 0 aromatic heterocycles. The molecular formula is C7H16O2. The van der Waals surface area contributed by atoms with Gasteiger partial charge in [0.25, 0.3) is 6.47 Å². The van der Waals surface area contributed by atoms with Crippen LogP contribution in [-0.2, 0) is 4.79 Å². The van der Waals surface area contributed by atoms with E-state index in [9.17, 15) is 0 Å². The fraction of sp³-hybridized carbons (Fsp3) is 0.857. The molecule has 2 heteroatoms. The standard InChI is InChI=1S/C6H14.CH2O2/c1-3-5-6-4-2;2-1-3/h3-6H2,1-2H3;1H,(H,2,3). The molecule has 0 saturated heterocycles. The summed E-state index contributed by atoms with van der Waals surface area (Å²) in [6, 6.07) is 0. The lowest BCUT2D eigenvalue weighted by Crippen LogP contribution is -1.66. The van der Waals surface area contributed by atoms with Crippen molar-refractivity contribution in [2.45, 2.75) is 39.5 Å². The van der Waals surface area contributed by atoms with Gasteiger partial charge in [0.15, 0.2) is 0 Å². The van der Waals surface area contributed by atoms with E-state index in [0.29, 0.717) is 0 Å². The van der Waals surface area contributed by atoms with Crippen LogP contribution in [0, 0.1) is 0 Å². The molecule has 0 unspecified atom stereocenters. The third kappa shape index (κ3) is 36.6. The van der Waals surface area contributed by atoms with Gasteiger partial charge in [-0.25, -0.2) is 0 Å². The number of hydrogen-bond donors (Lipinski definition) is 1. The van der Waals surface area contributed by atoms with Crippen LogP contribution in [0.3, 0.4) is 0 Å². The van der Waals surface area contributed by atoms with Crippen LogP contribution < -0.4 is 0 Å². The van der Waals surface area contributed by atoms with Crippen molar-refractivity contribution in [1.82, 2.24) is 0 Å². The zero-order valence-electron chi connectivity index (χ0n) is 6.26. The first-order valence-corrected chi connectivity index (χ1v) is 3.41. The third-order valence-electron chi connectivity index (χ3n) is 0.957. The molecule has 0 aliphatic heterocycles. The lowest BCUT2D eigenvalue weighted by Gasteiger charge is -1.86. The summed E-state index contributed by atoms with van der Waals surface area (Å²) >= 11 is 0. The van der Waals surface area contributed by atoms with Crippen molar-refractivity contribution in [3.05, 3.63) is 0 Å². The quantitative estimate of drug-likeness (QED) is 0.472. The summed E-state index contributed by atoms with van der Waals surface area (Å²) in [5.41, 5.74) is 0. The van der Waals surface area contributed by atoms with E-state index < -0.39 is 0 Å². The van der Waals surface area contributed by atoms with Gasteiger partial charge in [0.1, 0.15) is 0 Å². The minimum Gasteiger partial charge on any atom is -0.483 e. The van der Waals surface area contributed by atoms with Crippen LogP contribution >= 0.6 is 0 Å². The summed E-state index contributed by atoms with van der Waals surface area (Å²) in [4.78, 5) is 8.36. The Kier molecular flexibility index (Phi) is 19.6. The zero-order valence-corrected chi connectivity index (χ0v) is 6.26. The number of carboxylic acid groups (broad SMARTS) is 1. The number of carbonyl (C=O) groups is 1. The molecule has 0 amide bonds. The summed E-state index contributed by atoms with van der Waals surface area (Å²) < 4.78 is 0. The van der Waals surface area contributed by atoms with Crippen molar-refractivity contribution < 1.29 is 9.90 Å². The van der Waals surface area contributed by atoms with Gasteiger partial charge in [-0.05, 0) is 0 Å². The van der Waals surface area contributed by atoms with Crippen LogP contribution in [0.5, 0.6) is 0 Å². The molecule has 0 atom stereocenters. The highest BCUT2D eigenvalue weighted by molar-refractivity contribution is 5.32. The normalized spacial score (nSPS) is 7.33. The van der Waals surface area contributed by atoms with Gasteiger partial charge in [0.05, 0.1) is 0 Å². The lowest BCUT2D eigenvalue weighted by atomic mass is 10.2. The summed E-state index contributed by atoms with van der Waals surface area (Å²) in [6.07, 6.45) is 5.54. The molecule has 0 saturated carbocycles. The van der Waals surface area contributed by atoms with Crippen molar-refractivity contribution in [2.75, 3.05) is 0 Å². The zero-order chi connectivity index (χ0) is 7.54. The van der Waals surface area contributed by atoms with Gasteiger partial charge < -0.3 is 5.11 Å². The molecule has 0 rings (SSSR count). The molecule has 0 heterocycles. The van der Waals surface area contributed by atoms with E-state index >= 15 is 0 Å². The van der Waals surface area contributed by atoms with Crippen molar-refractivity contribution in [3.63, 3.8) is 0 Å². The van der Waals surface area contributed by atoms with Crippen LogP contribution in [-0.4, -0.2) is 11.6 Å². The summed E-state index contributed by atoms with van der Waals surface area (Å²) in [5, 5.41) is 6.89. The highest BCUT2D eigenvalue weighted by Gasteiger charge is 1.75. The van der Waals surface area contributed by atoms with Crippen molar-refractivity contribution in [2.24, 2.45) is 0 Å². The minimum absolute atomic E-state index is 0.250. The Morgan fingerprint density at radius 2 is 1.44 bits per heavy atom. The van der Waals surface area contributed by atoms with Crippen LogP contribution in [0.25, 0.3) is 0 Å². The highest BCUT2D eigenvalue weighted by Crippen LogP contribution is 1.95. The molecule has 0 aliphatic rings. The first-order valence-electron chi connectivity index (χ1n) is 3.41. The summed E-state index contributed by atoms with van der Waals surface area (Å²) in [6.45, 7) is 4.21. The SMILES string of the molecule is CCCCCC.O=CO. The van der Waals surface area contributed by atoms with E-state index in [1.54, 1.807) is 0 Å². The van der Waals surface area contributed by atoms with E-state index in [0.717, 1.165) is 0 Å². The largest absolute Gasteiger partial charge is 0.483 e. The molecule has 9 heavy (non-hydrogen) atoms. The fourth-order valence-corrected chi connectivity index (χ4v) is 0.500. The second-order valence-electron chi connectivity index (χ2n) is 1.81. The number of rotatable bonds is 3. The van der Waals surface area contributed by atoms with Gasteiger partial charge in [-0.2, -0.15) is 0 Å². The number of unbranched alkanes of at least 4 members (excludes halogenated alkanes) is 3. The molecule has 0 bridgehead atoms. The first-order chi connectivity index (χ1) is 4.33. The maximum Gasteiger partial charge on any atom is 0.290 e. The second kappa shape index (κ2) is 15.6. The average molecular weight is 132 g/mol. The van der Waals surface area contributed by atoms with Crippen LogP contribution in [0.15, 0.2) is 0 Å². The van der Waals surface area contributed by atoms with Gasteiger partial charge >= 0.3 is 0 Å². The molecule has 2 nitrogen and oxygen atoms in total. The second-order valence-corrected chi connectivity index (χ2v) is 1.81. The van der Waals surface area contributed by atoms with Gasteiger partial charge in [-0.1, -0.05) is 39.5 Å². The van der Waals surface area contributed by atoms with Gasteiger partial charge in [-0.15, -0.1) is 0 Å². The Labute approximate surface area is 56.9 Å². The predicted octanol–water partition coefficient (Wildman–Crippen LogP) is 2.29. The fourth-order valence-electron chi connectivity index (χ4n) is 0.500. The molecular weight excluding hydrogens is 116 g/mol. The Balaban J connectivity index is 0. The van der Waals surface area contributed by atoms with Gasteiger partial charge in [-0.3, -0.25) is 4.79 Å². The Morgan fingerprint density at radius 3 is 1.56 bits per heavy atom. The molecule has 1 N–H and O–H groups in total. The number of hydrogen-bond acceptors (Lipinski definition) is 1. The van der Waals surface area contributed by atoms with Crippen molar-refractivity contribution >= 4 is 6.47 Å². The molecule has 56 valence electrons. The van der Waals surface area contributed by atoms with E-state index in [2.05, 4.69) is 13.8 Å². The molecule has 0 fully saturated rings. The Hall–Kier alpha value is -0.530. The van der Waals surface area contributed by atoms with E-state index in [1.807, 2.05) is 0 Å². The molecule has 0 spiro atoms. The highest BCUT2D eigenvalue weighted by atomic mass is 16.3. The van der Waals surface area contributed by atoms with Gasteiger partial charge in [0.2, 0.25) is 0 Å². The van der Waals surface area contributed by atoms with Gasteiger partial charge in [0, 0.05) is 0 Å². The molecule has 0 aliphatic carbocycles. The molecule has 0 radical (unpaired) electrons. The molecule has 0 aromatic carbocycles. The maximum absolute atomic E-state index is 8.36. The monoisotopic (exact) mass is 132 g/mol. The molecule has 0 aromatic rings. The third-order valence-corrected chi connectivity index (χ3v) is 0.957. The topological polar surface area (TPSA) is 37.3 Å². The van der Waals surface area contributed by atoms with Crippen LogP contribution in [0.4, 0.5) is 0 Å². The minimum atomic E-state index is -0.250. The van der Waals surface area contributed by atoms with Crippen molar-refractivity contribution in [3.8, 4) is 0 Å². The predicted molar refractivity (Wildman–Crippen MR) is 38.5 cm³/mol. The summed E-state index contributed by atoms with van der Waals surface area (Å²) in [7, 11) is 0. The first kappa shape index (κ1) is 11.3. The maximum atomic E-state index is 8.36. The lowest BCUT2D eigenvalue weighted by molar-refractivity contribution is -0.122. The average Bonchev–Trinajstić information content (AvgIpc) is 1.86. The van der Waals surface area contributed by atoms with Crippen molar-refractivity contribution in [1.29, 1.82) is 0 Å². The van der Waals surface area contributed by atoms with E-state index in [1.165, 1.54) is 25.7 Å². The smallest absolute Gasteiger partial charge is 0.290 e. The summed E-state index contributed by atoms with van der Waals surface area (Å²) in [5.74, 6) is 0. The van der Waals surface area contributed by atoms with E-state index in [4.69, 9.17) is 9.90 Å². The Morgan fingerprint density at radius 1 is 1.22 bits per heavy atom. The van der Waals surface area contributed by atoms with Crippen LogP contribution in [0.2, 0.25) is 0 Å². The Bertz CT molecular complexity index is 40.2. The van der Waals surface area contributed by atoms with Crippen LogP contribution in [0.1, 0.15) is 39.5 Å².